The summed E-state index contributed by atoms with van der Waals surface area (Å²) in [5.41, 5.74) is 3.94. The molecule has 2 aliphatic rings. The summed E-state index contributed by atoms with van der Waals surface area (Å²) in [6.07, 6.45) is 1.25. The molecule has 0 unspecified atom stereocenters. The Bertz CT molecular complexity index is 1910. The summed E-state index contributed by atoms with van der Waals surface area (Å²) >= 11 is 0. The van der Waals surface area contributed by atoms with Gasteiger partial charge in [-0.15, -0.1) is 0 Å². The summed E-state index contributed by atoms with van der Waals surface area (Å²) in [7, 11) is 0. The van der Waals surface area contributed by atoms with Crippen molar-refractivity contribution in [1.29, 1.82) is 0 Å². The lowest BCUT2D eigenvalue weighted by molar-refractivity contribution is -0.137. The normalized spacial score (nSPS) is 15.5. The number of benzene rings is 3. The molecule has 0 saturated carbocycles. The summed E-state index contributed by atoms with van der Waals surface area (Å²) in [6.45, 7) is 7.05. The van der Waals surface area contributed by atoms with Gasteiger partial charge in [0, 0.05) is 87.9 Å². The third kappa shape index (κ3) is 9.35. The average molecular weight is 713 g/mol. The average Bonchev–Trinajstić information content (AvgIpc) is 3.40. The molecule has 0 aliphatic carbocycles. The van der Waals surface area contributed by atoms with Crippen molar-refractivity contribution in [3.05, 3.63) is 113 Å². The maximum Gasteiger partial charge on any atom is 0.416 e. The highest BCUT2D eigenvalue weighted by atomic mass is 19.4. The van der Waals surface area contributed by atoms with E-state index in [1.807, 2.05) is 41.3 Å². The number of nitrogens with zero attached hydrogens (tertiary/aromatic N) is 4. The van der Waals surface area contributed by atoms with E-state index in [1.165, 1.54) is 24.8 Å². The second kappa shape index (κ2) is 16.4. The second-order valence-corrected chi connectivity index (χ2v) is 13.4. The molecule has 1 aromatic heterocycles. The Kier molecular flexibility index (Phi) is 11.5. The molecule has 3 heterocycles. The van der Waals surface area contributed by atoms with Gasteiger partial charge < -0.3 is 20.4 Å². The number of pyridine rings is 1. The highest BCUT2D eigenvalue weighted by molar-refractivity contribution is 6.06. The number of hydrogen-bond acceptors (Lipinski definition) is 6. The predicted molar refractivity (Wildman–Crippen MR) is 195 cm³/mol. The lowest BCUT2D eigenvalue weighted by Crippen LogP contribution is -2.33. The van der Waals surface area contributed by atoms with Crippen LogP contribution in [-0.4, -0.2) is 71.8 Å². The van der Waals surface area contributed by atoms with Crippen LogP contribution in [0, 0.1) is 0 Å². The molecule has 0 atom stereocenters. The van der Waals surface area contributed by atoms with Crippen molar-refractivity contribution in [2.75, 3.05) is 49.5 Å². The van der Waals surface area contributed by atoms with Crippen LogP contribution in [0.4, 0.5) is 24.5 Å². The van der Waals surface area contributed by atoms with Crippen LogP contribution in [0.1, 0.15) is 70.0 Å². The maximum absolute atomic E-state index is 13.7. The van der Waals surface area contributed by atoms with Crippen LogP contribution in [0.3, 0.4) is 0 Å². The van der Waals surface area contributed by atoms with Gasteiger partial charge in [-0.25, -0.2) is 0 Å². The van der Waals surface area contributed by atoms with E-state index in [2.05, 4.69) is 25.4 Å². The standard InChI is InChI=1S/C40H43F3N6O3/c1-28(50)48-19-7-16-47(20-21-48)27-30-9-5-10-31(22-30)39(52)46-36-13-12-34(49-17-3-2-4-18-49)25-35(36)37-24-32(14-15-44-37)38(51)45-26-29-8-6-11-33(23-29)40(41,42)43/h5-6,8-15,22-25H,2-4,7,16-21,26-27H2,1H3,(H,45,51)(H,46,52). The fourth-order valence-corrected chi connectivity index (χ4v) is 6.77. The van der Waals surface area contributed by atoms with Gasteiger partial charge in [-0.3, -0.25) is 24.3 Å². The van der Waals surface area contributed by atoms with E-state index >= 15 is 0 Å². The summed E-state index contributed by atoms with van der Waals surface area (Å²) in [5.74, 6) is -0.667. The number of piperidine rings is 1. The Morgan fingerprint density at radius 2 is 1.52 bits per heavy atom. The van der Waals surface area contributed by atoms with Crippen LogP contribution in [0.5, 0.6) is 0 Å². The molecule has 2 fully saturated rings. The molecular formula is C40H43F3N6O3. The maximum atomic E-state index is 13.7. The fraction of sp³-hybridized carbons (Fsp3) is 0.350. The number of halogens is 3. The van der Waals surface area contributed by atoms with Crippen molar-refractivity contribution in [1.82, 2.24) is 20.1 Å². The molecule has 0 radical (unpaired) electrons. The van der Waals surface area contributed by atoms with Gasteiger partial charge in [0.25, 0.3) is 11.8 Å². The van der Waals surface area contributed by atoms with Crippen molar-refractivity contribution in [3.63, 3.8) is 0 Å². The quantitative estimate of drug-likeness (QED) is 0.194. The van der Waals surface area contributed by atoms with Gasteiger partial charge in [-0.05, 0) is 91.4 Å². The van der Waals surface area contributed by atoms with Gasteiger partial charge in [-0.1, -0.05) is 24.3 Å². The third-order valence-electron chi connectivity index (χ3n) is 9.61. The van der Waals surface area contributed by atoms with Crippen LogP contribution in [0.2, 0.25) is 0 Å². The lowest BCUT2D eigenvalue weighted by Gasteiger charge is -2.29. The van der Waals surface area contributed by atoms with Crippen LogP contribution in [0.15, 0.2) is 85.1 Å². The van der Waals surface area contributed by atoms with Crippen molar-refractivity contribution in [2.45, 2.75) is 51.9 Å². The molecule has 0 spiro atoms. The minimum absolute atomic E-state index is 0.0835. The molecule has 272 valence electrons. The first-order valence-electron chi connectivity index (χ1n) is 17.7. The van der Waals surface area contributed by atoms with Crippen molar-refractivity contribution < 1.29 is 27.6 Å². The number of alkyl halides is 3. The predicted octanol–water partition coefficient (Wildman–Crippen LogP) is 6.99. The van der Waals surface area contributed by atoms with Gasteiger partial charge in [0.05, 0.1) is 16.9 Å². The molecule has 3 aromatic carbocycles. The summed E-state index contributed by atoms with van der Waals surface area (Å²) in [6, 6.07) is 21.4. The van der Waals surface area contributed by atoms with Gasteiger partial charge in [0.1, 0.15) is 0 Å². The number of anilines is 2. The zero-order valence-electron chi connectivity index (χ0n) is 29.2. The monoisotopic (exact) mass is 712 g/mol. The smallest absolute Gasteiger partial charge is 0.372 e. The molecule has 3 amide bonds. The van der Waals surface area contributed by atoms with E-state index in [1.54, 1.807) is 25.1 Å². The molecule has 6 rings (SSSR count). The Labute approximate surface area is 301 Å². The Morgan fingerprint density at radius 1 is 0.750 bits per heavy atom. The van der Waals surface area contributed by atoms with E-state index in [0.717, 1.165) is 75.4 Å². The summed E-state index contributed by atoms with van der Waals surface area (Å²) in [4.78, 5) is 49.9. The fourth-order valence-electron chi connectivity index (χ4n) is 6.77. The molecule has 52 heavy (non-hydrogen) atoms. The molecule has 2 saturated heterocycles. The number of rotatable bonds is 9. The Balaban J connectivity index is 1.21. The molecule has 12 heteroatoms. The van der Waals surface area contributed by atoms with Gasteiger partial charge in [-0.2, -0.15) is 13.2 Å². The highest BCUT2D eigenvalue weighted by Crippen LogP contribution is 2.34. The molecular weight excluding hydrogens is 669 g/mol. The number of nitrogens with one attached hydrogen (secondary N) is 2. The zero-order chi connectivity index (χ0) is 36.7. The largest absolute Gasteiger partial charge is 0.416 e. The van der Waals surface area contributed by atoms with E-state index in [0.29, 0.717) is 41.2 Å². The van der Waals surface area contributed by atoms with Crippen molar-refractivity contribution >= 4 is 29.1 Å². The first kappa shape index (κ1) is 36.6. The van der Waals surface area contributed by atoms with Crippen LogP contribution >= 0.6 is 0 Å². The van der Waals surface area contributed by atoms with E-state index in [4.69, 9.17) is 0 Å². The van der Waals surface area contributed by atoms with Gasteiger partial charge >= 0.3 is 6.18 Å². The zero-order valence-corrected chi connectivity index (χ0v) is 29.2. The minimum atomic E-state index is -4.48. The van der Waals surface area contributed by atoms with E-state index in [9.17, 15) is 27.6 Å². The van der Waals surface area contributed by atoms with E-state index < -0.39 is 17.6 Å². The van der Waals surface area contributed by atoms with Gasteiger partial charge in [0.2, 0.25) is 5.91 Å². The van der Waals surface area contributed by atoms with E-state index in [-0.39, 0.29) is 23.9 Å². The molecule has 0 bridgehead atoms. The molecule has 2 aliphatic heterocycles. The number of carbonyl (C=O) groups excluding carboxylic acids is 3. The summed E-state index contributed by atoms with van der Waals surface area (Å²) in [5, 5.41) is 5.80. The minimum Gasteiger partial charge on any atom is -0.372 e. The number of carbonyl (C=O) groups is 3. The van der Waals surface area contributed by atoms with Crippen molar-refractivity contribution in [2.24, 2.45) is 0 Å². The lowest BCUT2D eigenvalue weighted by atomic mass is 10.0. The molecule has 4 aromatic rings. The van der Waals surface area contributed by atoms with Gasteiger partial charge in [0.15, 0.2) is 0 Å². The Hall–Kier alpha value is -5.23. The summed E-state index contributed by atoms with van der Waals surface area (Å²) < 4.78 is 39.6. The highest BCUT2D eigenvalue weighted by Gasteiger charge is 2.30. The van der Waals surface area contributed by atoms with Crippen LogP contribution < -0.4 is 15.5 Å². The second-order valence-electron chi connectivity index (χ2n) is 13.4. The van der Waals surface area contributed by atoms with Crippen LogP contribution in [-0.2, 0) is 24.1 Å². The number of aromatic nitrogens is 1. The SMILES string of the molecule is CC(=O)N1CCCN(Cc2cccc(C(=O)Nc3ccc(N4CCCCC4)cc3-c3cc(C(=O)NCc4cccc(C(F)(F)F)c4)ccn3)c2)CC1. The Morgan fingerprint density at radius 3 is 2.31 bits per heavy atom. The number of hydrogen-bond donors (Lipinski definition) is 2. The van der Waals surface area contributed by atoms with Crippen molar-refractivity contribution in [3.8, 4) is 11.3 Å². The van der Waals surface area contributed by atoms with Crippen LogP contribution in [0.25, 0.3) is 11.3 Å². The molecule has 9 nitrogen and oxygen atoms in total. The molecule has 2 N–H and O–H groups in total. The topological polar surface area (TPSA) is 97.9 Å². The first-order chi connectivity index (χ1) is 25.0. The number of amides is 3. The first-order valence-corrected chi connectivity index (χ1v) is 17.7. The third-order valence-corrected chi connectivity index (χ3v) is 9.61.